The molecule has 0 unspecified atom stereocenters. The van der Waals surface area contributed by atoms with Crippen molar-refractivity contribution in [3.63, 3.8) is 0 Å². The summed E-state index contributed by atoms with van der Waals surface area (Å²) in [7, 11) is 2.00. The highest BCUT2D eigenvalue weighted by Gasteiger charge is 2.21. The first-order valence-electron chi connectivity index (χ1n) is 6.35. The van der Waals surface area contributed by atoms with Crippen LogP contribution in [0.15, 0.2) is 53.4 Å². The summed E-state index contributed by atoms with van der Waals surface area (Å²) in [6, 6.07) is 15.0. The van der Waals surface area contributed by atoms with Crippen molar-refractivity contribution in [3.8, 4) is 11.5 Å². The zero-order valence-electron chi connectivity index (χ0n) is 11.8. The predicted molar refractivity (Wildman–Crippen MR) is 80.8 cm³/mol. The molecule has 0 fully saturated rings. The Morgan fingerprint density at radius 1 is 0.900 bits per heavy atom. The molecule has 0 radical (unpaired) electrons. The second-order valence-corrected chi connectivity index (χ2v) is 6.07. The summed E-state index contributed by atoms with van der Waals surface area (Å²) in [6.07, 6.45) is 0. The van der Waals surface area contributed by atoms with Crippen molar-refractivity contribution in [1.82, 2.24) is 0 Å². The second-order valence-electron chi connectivity index (χ2n) is 4.33. The highest BCUT2D eigenvalue weighted by atomic mass is 32.2. The van der Waals surface area contributed by atoms with Gasteiger partial charge in [0.25, 0.3) is 0 Å². The quantitative estimate of drug-likeness (QED) is 0.844. The minimum atomic E-state index is -1.21. The minimum Gasteiger partial charge on any atom is -0.496 e. The molecule has 4 heteroatoms. The van der Waals surface area contributed by atoms with Gasteiger partial charge < -0.3 is 9.47 Å². The largest absolute Gasteiger partial charge is 0.496 e. The molecular weight excluding hydrogens is 272 g/mol. The van der Waals surface area contributed by atoms with Crippen LogP contribution in [0.1, 0.15) is 17.7 Å². The lowest BCUT2D eigenvalue weighted by Gasteiger charge is -2.16. The molecule has 20 heavy (non-hydrogen) atoms. The van der Waals surface area contributed by atoms with Crippen LogP contribution >= 0.6 is 0 Å². The lowest BCUT2D eigenvalue weighted by Crippen LogP contribution is -2.06. The Labute approximate surface area is 122 Å². The van der Waals surface area contributed by atoms with Gasteiger partial charge in [-0.05, 0) is 25.1 Å². The maximum absolute atomic E-state index is 12.8. The average molecular weight is 290 g/mol. The molecule has 0 bridgehead atoms. The molecule has 2 atom stereocenters. The molecule has 0 amide bonds. The van der Waals surface area contributed by atoms with Gasteiger partial charge >= 0.3 is 0 Å². The molecule has 0 heterocycles. The van der Waals surface area contributed by atoms with E-state index in [9.17, 15) is 4.21 Å². The molecule has 2 aromatic carbocycles. The standard InChI is InChI=1S/C16H18O3S/c1-12(13-8-4-5-9-14(13)18-2)20(17)16-11-7-6-10-15(16)19-3/h4-12H,1-3H3/t12-,20+/m1/s1. The smallest absolute Gasteiger partial charge is 0.134 e. The fourth-order valence-corrected chi connectivity index (χ4v) is 3.46. The van der Waals surface area contributed by atoms with Crippen LogP contribution in [-0.2, 0) is 10.8 Å². The molecule has 0 spiro atoms. The molecule has 0 saturated carbocycles. The van der Waals surface area contributed by atoms with E-state index in [2.05, 4.69) is 0 Å². The number of para-hydroxylation sites is 2. The van der Waals surface area contributed by atoms with Crippen molar-refractivity contribution in [2.24, 2.45) is 0 Å². The van der Waals surface area contributed by atoms with E-state index >= 15 is 0 Å². The highest BCUT2D eigenvalue weighted by molar-refractivity contribution is 7.85. The number of benzene rings is 2. The van der Waals surface area contributed by atoms with Crippen molar-refractivity contribution in [2.45, 2.75) is 17.1 Å². The average Bonchev–Trinajstić information content (AvgIpc) is 2.53. The van der Waals surface area contributed by atoms with E-state index in [4.69, 9.17) is 9.47 Å². The number of rotatable bonds is 5. The van der Waals surface area contributed by atoms with Gasteiger partial charge in [0.1, 0.15) is 11.5 Å². The van der Waals surface area contributed by atoms with Crippen LogP contribution < -0.4 is 9.47 Å². The van der Waals surface area contributed by atoms with Crippen LogP contribution in [0.5, 0.6) is 11.5 Å². The maximum Gasteiger partial charge on any atom is 0.134 e. The third-order valence-electron chi connectivity index (χ3n) is 3.18. The molecule has 2 aromatic rings. The molecule has 0 aliphatic carbocycles. The van der Waals surface area contributed by atoms with E-state index < -0.39 is 10.8 Å². The number of hydrogen-bond acceptors (Lipinski definition) is 3. The van der Waals surface area contributed by atoms with Gasteiger partial charge in [0.2, 0.25) is 0 Å². The van der Waals surface area contributed by atoms with E-state index in [-0.39, 0.29) is 5.25 Å². The first kappa shape index (κ1) is 14.6. The van der Waals surface area contributed by atoms with Crippen LogP contribution in [0.3, 0.4) is 0 Å². The van der Waals surface area contributed by atoms with Gasteiger partial charge in [-0.25, -0.2) is 0 Å². The fourth-order valence-electron chi connectivity index (χ4n) is 2.09. The summed E-state index contributed by atoms with van der Waals surface area (Å²) >= 11 is 0. The topological polar surface area (TPSA) is 35.5 Å². The van der Waals surface area contributed by atoms with Gasteiger partial charge in [-0.1, -0.05) is 30.3 Å². The molecule has 3 nitrogen and oxygen atoms in total. The molecular formula is C16H18O3S. The first-order valence-corrected chi connectivity index (χ1v) is 7.56. The predicted octanol–water partition coefficient (Wildman–Crippen LogP) is 3.57. The van der Waals surface area contributed by atoms with Gasteiger partial charge in [-0.2, -0.15) is 0 Å². The molecule has 0 saturated heterocycles. The summed E-state index contributed by atoms with van der Waals surface area (Å²) < 4.78 is 23.4. The Bertz CT molecular complexity index is 610. The summed E-state index contributed by atoms with van der Waals surface area (Å²) in [6.45, 7) is 1.93. The lowest BCUT2D eigenvalue weighted by atomic mass is 10.1. The normalized spacial score (nSPS) is 13.6. The van der Waals surface area contributed by atoms with Gasteiger partial charge in [-0.15, -0.1) is 0 Å². The zero-order valence-corrected chi connectivity index (χ0v) is 12.6. The van der Waals surface area contributed by atoms with Crippen molar-refractivity contribution < 1.29 is 13.7 Å². The SMILES string of the molecule is COc1ccccc1[C@@H](C)[S@](=O)c1ccccc1OC. The molecule has 0 aromatic heterocycles. The zero-order chi connectivity index (χ0) is 14.5. The first-order chi connectivity index (χ1) is 9.69. The van der Waals surface area contributed by atoms with E-state index in [0.29, 0.717) is 10.6 Å². The van der Waals surface area contributed by atoms with E-state index in [1.807, 2.05) is 55.5 Å². The summed E-state index contributed by atoms with van der Waals surface area (Å²) in [5, 5.41) is -0.178. The molecule has 0 aliphatic rings. The van der Waals surface area contributed by atoms with Crippen molar-refractivity contribution >= 4 is 10.8 Å². The molecule has 106 valence electrons. The van der Waals surface area contributed by atoms with Gasteiger partial charge in [0, 0.05) is 5.56 Å². The van der Waals surface area contributed by atoms with Crippen LogP contribution in [0.4, 0.5) is 0 Å². The van der Waals surface area contributed by atoms with E-state index in [1.54, 1.807) is 14.2 Å². The summed E-state index contributed by atoms with van der Waals surface area (Å²) in [4.78, 5) is 0.702. The monoisotopic (exact) mass is 290 g/mol. The van der Waals surface area contributed by atoms with Crippen LogP contribution in [0, 0.1) is 0 Å². The Kier molecular flexibility index (Phi) is 4.79. The number of ether oxygens (including phenoxy) is 2. The molecule has 0 aliphatic heterocycles. The number of hydrogen-bond donors (Lipinski definition) is 0. The van der Waals surface area contributed by atoms with Gasteiger partial charge in [0.05, 0.1) is 35.2 Å². The number of methoxy groups -OCH3 is 2. The van der Waals surface area contributed by atoms with Crippen LogP contribution in [0.25, 0.3) is 0 Å². The van der Waals surface area contributed by atoms with Crippen molar-refractivity contribution in [2.75, 3.05) is 14.2 Å². The van der Waals surface area contributed by atoms with Crippen LogP contribution in [0.2, 0.25) is 0 Å². The third-order valence-corrected chi connectivity index (χ3v) is 4.85. The van der Waals surface area contributed by atoms with Gasteiger partial charge in [0.15, 0.2) is 0 Å². The fraction of sp³-hybridized carbons (Fsp3) is 0.250. The van der Waals surface area contributed by atoms with E-state index in [0.717, 1.165) is 11.3 Å². The minimum absolute atomic E-state index is 0.178. The second kappa shape index (κ2) is 6.57. The summed E-state index contributed by atoms with van der Waals surface area (Å²) in [5.74, 6) is 1.40. The maximum atomic E-state index is 12.8. The van der Waals surface area contributed by atoms with E-state index in [1.165, 1.54) is 0 Å². The Hall–Kier alpha value is -1.81. The lowest BCUT2D eigenvalue weighted by molar-refractivity contribution is 0.403. The third kappa shape index (κ3) is 2.85. The van der Waals surface area contributed by atoms with Crippen molar-refractivity contribution in [3.05, 3.63) is 54.1 Å². The van der Waals surface area contributed by atoms with Crippen LogP contribution in [-0.4, -0.2) is 18.4 Å². The van der Waals surface area contributed by atoms with Gasteiger partial charge in [-0.3, -0.25) is 4.21 Å². The van der Waals surface area contributed by atoms with Crippen molar-refractivity contribution in [1.29, 1.82) is 0 Å². The highest BCUT2D eigenvalue weighted by Crippen LogP contribution is 2.34. The Morgan fingerprint density at radius 3 is 2.10 bits per heavy atom. The Morgan fingerprint density at radius 2 is 1.45 bits per heavy atom. The molecule has 0 N–H and O–H groups in total. The Balaban J connectivity index is 2.38. The molecule has 2 rings (SSSR count). The summed E-state index contributed by atoms with van der Waals surface area (Å²) in [5.41, 5.74) is 0.930.